The number of esters is 1. The Morgan fingerprint density at radius 1 is 1.16 bits per heavy atom. The highest BCUT2D eigenvalue weighted by Crippen LogP contribution is 2.23. The fraction of sp³-hybridized carbons (Fsp3) is 0.579. The zero-order valence-electron chi connectivity index (χ0n) is 18.3. The van der Waals surface area contributed by atoms with Gasteiger partial charge in [-0.05, 0) is 44.4 Å². The molecule has 12 heteroatoms. The quantitative estimate of drug-likeness (QED) is 0.577. The Hall–Kier alpha value is -2.02. The van der Waals surface area contributed by atoms with Gasteiger partial charge in [-0.3, -0.25) is 9.59 Å². The normalized spacial score (nSPS) is 17.4. The lowest BCUT2D eigenvalue weighted by Crippen LogP contribution is -2.41. The summed E-state index contributed by atoms with van der Waals surface area (Å²) >= 11 is 0. The van der Waals surface area contributed by atoms with Crippen molar-refractivity contribution in [3.8, 4) is 0 Å². The van der Waals surface area contributed by atoms with Gasteiger partial charge < -0.3 is 10.1 Å². The number of amides is 1. The minimum Gasteiger partial charge on any atom is -0.452 e. The predicted molar refractivity (Wildman–Crippen MR) is 115 cm³/mol. The SMILES string of the molecule is Cc1ccc(S(=O)(=O)N(C)C)cc1NC(=O)C(C)OC(=O)C1CCN(S(C)(=O)=O)CC1. The highest BCUT2D eigenvalue weighted by molar-refractivity contribution is 7.89. The molecule has 1 saturated heterocycles. The lowest BCUT2D eigenvalue weighted by molar-refractivity contribution is -0.158. The van der Waals surface area contributed by atoms with E-state index in [9.17, 15) is 26.4 Å². The van der Waals surface area contributed by atoms with Crippen LogP contribution in [0, 0.1) is 12.8 Å². The lowest BCUT2D eigenvalue weighted by Gasteiger charge is -2.29. The van der Waals surface area contributed by atoms with E-state index in [1.165, 1.54) is 37.5 Å². The molecular weight excluding hydrogens is 446 g/mol. The molecule has 0 aliphatic carbocycles. The standard InChI is InChI=1S/C19H29N3O7S2/c1-13-6-7-16(31(27,28)21(3)4)12-17(13)20-18(23)14(2)29-19(24)15-8-10-22(11-9-15)30(5,25)26/h6-7,12,14-15H,8-11H2,1-5H3,(H,20,23). The molecule has 0 radical (unpaired) electrons. The van der Waals surface area contributed by atoms with E-state index in [-0.39, 0.29) is 18.0 Å². The Morgan fingerprint density at radius 3 is 2.26 bits per heavy atom. The van der Waals surface area contributed by atoms with Crippen molar-refractivity contribution in [1.82, 2.24) is 8.61 Å². The fourth-order valence-electron chi connectivity index (χ4n) is 3.09. The smallest absolute Gasteiger partial charge is 0.309 e. The number of carbonyl (C=O) groups is 2. The summed E-state index contributed by atoms with van der Waals surface area (Å²) in [7, 11) is -4.15. The number of carbonyl (C=O) groups excluding carboxylic acids is 2. The van der Waals surface area contributed by atoms with E-state index in [0.717, 1.165) is 10.6 Å². The second-order valence-electron chi connectivity index (χ2n) is 7.77. The fourth-order valence-corrected chi connectivity index (χ4v) is 4.89. The molecule has 0 bridgehead atoms. The maximum atomic E-state index is 12.5. The third-order valence-electron chi connectivity index (χ3n) is 5.16. The molecule has 1 aromatic carbocycles. The van der Waals surface area contributed by atoms with E-state index in [1.54, 1.807) is 13.0 Å². The summed E-state index contributed by atoms with van der Waals surface area (Å²) in [6.45, 7) is 3.60. The van der Waals surface area contributed by atoms with E-state index in [2.05, 4.69) is 5.32 Å². The second-order valence-corrected chi connectivity index (χ2v) is 11.9. The number of aryl methyl sites for hydroxylation is 1. The summed E-state index contributed by atoms with van der Waals surface area (Å²) in [5, 5.41) is 2.61. The van der Waals surface area contributed by atoms with Crippen molar-refractivity contribution in [3.63, 3.8) is 0 Å². The van der Waals surface area contributed by atoms with Crippen LogP contribution < -0.4 is 5.32 Å². The molecule has 1 aromatic rings. The highest BCUT2D eigenvalue weighted by atomic mass is 32.2. The van der Waals surface area contributed by atoms with E-state index in [4.69, 9.17) is 4.74 Å². The largest absolute Gasteiger partial charge is 0.452 e. The number of ether oxygens (including phenoxy) is 1. The van der Waals surface area contributed by atoms with Crippen LogP contribution in [0.2, 0.25) is 0 Å². The number of nitrogens with zero attached hydrogens (tertiary/aromatic N) is 2. The zero-order valence-corrected chi connectivity index (χ0v) is 19.9. The molecule has 1 fully saturated rings. The lowest BCUT2D eigenvalue weighted by atomic mass is 9.98. The van der Waals surface area contributed by atoms with E-state index in [0.29, 0.717) is 24.1 Å². The Balaban J connectivity index is 2.01. The molecule has 174 valence electrons. The molecule has 10 nitrogen and oxygen atoms in total. The maximum Gasteiger partial charge on any atom is 0.309 e. The number of hydrogen-bond donors (Lipinski definition) is 1. The number of nitrogens with one attached hydrogen (secondary N) is 1. The van der Waals surface area contributed by atoms with E-state index in [1.807, 2.05) is 0 Å². The first kappa shape index (κ1) is 25.2. The monoisotopic (exact) mass is 475 g/mol. The molecule has 0 spiro atoms. The second kappa shape index (κ2) is 9.63. The molecule has 1 atom stereocenters. The van der Waals surface area contributed by atoms with Crippen molar-refractivity contribution >= 4 is 37.6 Å². The van der Waals surface area contributed by atoms with Gasteiger partial charge in [0.05, 0.1) is 17.1 Å². The topological polar surface area (TPSA) is 130 Å². The Labute approximate surface area is 183 Å². The van der Waals surface area contributed by atoms with Crippen LogP contribution in [0.5, 0.6) is 0 Å². The molecule has 1 heterocycles. The van der Waals surface area contributed by atoms with Gasteiger partial charge >= 0.3 is 5.97 Å². The molecule has 31 heavy (non-hydrogen) atoms. The number of rotatable bonds is 7. The Morgan fingerprint density at radius 2 is 1.74 bits per heavy atom. The summed E-state index contributed by atoms with van der Waals surface area (Å²) in [6, 6.07) is 4.39. The molecule has 0 saturated carbocycles. The van der Waals surface area contributed by atoms with Gasteiger partial charge in [-0.2, -0.15) is 0 Å². The molecule has 1 aliphatic heterocycles. The first-order valence-corrected chi connectivity index (χ1v) is 13.0. The molecule has 1 unspecified atom stereocenters. The zero-order chi connectivity index (χ0) is 23.6. The first-order valence-electron chi connectivity index (χ1n) is 9.73. The highest BCUT2D eigenvalue weighted by Gasteiger charge is 2.31. The average Bonchev–Trinajstić information content (AvgIpc) is 2.68. The van der Waals surface area contributed by atoms with Crippen LogP contribution in [0.4, 0.5) is 5.69 Å². The molecule has 1 amide bonds. The third kappa shape index (κ3) is 6.25. The van der Waals surface area contributed by atoms with Gasteiger partial charge in [0.15, 0.2) is 6.10 Å². The number of sulfonamides is 2. The molecular formula is C19H29N3O7S2. The van der Waals surface area contributed by atoms with Gasteiger partial charge in [0.1, 0.15) is 0 Å². The number of hydrogen-bond acceptors (Lipinski definition) is 7. The summed E-state index contributed by atoms with van der Waals surface area (Å²) < 4.78 is 55.4. The van der Waals surface area contributed by atoms with Crippen molar-refractivity contribution < 1.29 is 31.2 Å². The van der Waals surface area contributed by atoms with Crippen LogP contribution in [0.1, 0.15) is 25.3 Å². The average molecular weight is 476 g/mol. The van der Waals surface area contributed by atoms with Gasteiger partial charge in [-0.1, -0.05) is 6.07 Å². The van der Waals surface area contributed by atoms with Crippen molar-refractivity contribution in [2.24, 2.45) is 5.92 Å². The first-order chi connectivity index (χ1) is 14.2. The molecule has 2 rings (SSSR count). The number of piperidine rings is 1. The summed E-state index contributed by atoms with van der Waals surface area (Å²) in [5.74, 6) is -1.63. The summed E-state index contributed by atoms with van der Waals surface area (Å²) in [4.78, 5) is 24.9. The van der Waals surface area contributed by atoms with E-state index < -0.39 is 43.9 Å². The Bertz CT molecular complexity index is 1040. The van der Waals surface area contributed by atoms with Crippen molar-refractivity contribution in [3.05, 3.63) is 23.8 Å². The summed E-state index contributed by atoms with van der Waals surface area (Å²) in [6.07, 6.45) is 0.667. The van der Waals surface area contributed by atoms with Gasteiger partial charge in [0.2, 0.25) is 20.0 Å². The molecule has 1 aliphatic rings. The van der Waals surface area contributed by atoms with Crippen molar-refractivity contribution in [1.29, 1.82) is 0 Å². The summed E-state index contributed by atoms with van der Waals surface area (Å²) in [5.41, 5.74) is 0.954. The van der Waals surface area contributed by atoms with Crippen molar-refractivity contribution in [2.45, 2.75) is 37.7 Å². The van der Waals surface area contributed by atoms with Crippen molar-refractivity contribution in [2.75, 3.05) is 38.8 Å². The van der Waals surface area contributed by atoms with Gasteiger partial charge in [-0.15, -0.1) is 0 Å². The number of benzene rings is 1. The van der Waals surface area contributed by atoms with Gasteiger partial charge in [-0.25, -0.2) is 25.4 Å². The minimum absolute atomic E-state index is 0.0284. The molecule has 1 N–H and O–H groups in total. The minimum atomic E-state index is -3.67. The maximum absolute atomic E-state index is 12.5. The van der Waals surface area contributed by atoms with Crippen LogP contribution in [0.15, 0.2) is 23.1 Å². The Kier molecular flexibility index (Phi) is 7.84. The molecule has 0 aromatic heterocycles. The van der Waals surface area contributed by atoms with Crippen LogP contribution in [0.25, 0.3) is 0 Å². The van der Waals surface area contributed by atoms with Crippen LogP contribution in [0.3, 0.4) is 0 Å². The van der Waals surface area contributed by atoms with Crippen LogP contribution >= 0.6 is 0 Å². The van der Waals surface area contributed by atoms with Crippen LogP contribution in [-0.2, 0) is 34.4 Å². The van der Waals surface area contributed by atoms with Crippen LogP contribution in [-0.4, -0.2) is 76.9 Å². The van der Waals surface area contributed by atoms with E-state index >= 15 is 0 Å². The van der Waals surface area contributed by atoms with Gasteiger partial charge in [0.25, 0.3) is 5.91 Å². The third-order valence-corrected chi connectivity index (χ3v) is 8.28. The predicted octanol–water partition coefficient (Wildman–Crippen LogP) is 0.787. The van der Waals surface area contributed by atoms with Gasteiger partial charge in [0, 0.05) is 32.9 Å². The number of anilines is 1.